The summed E-state index contributed by atoms with van der Waals surface area (Å²) in [5.74, 6) is 0.558. The molecule has 0 aromatic rings. The van der Waals surface area contributed by atoms with E-state index in [-0.39, 0.29) is 31.2 Å². The van der Waals surface area contributed by atoms with Crippen molar-refractivity contribution in [2.75, 3.05) is 52.5 Å². The molecule has 0 aromatic heterocycles. The van der Waals surface area contributed by atoms with E-state index in [2.05, 4.69) is 25.9 Å². The Labute approximate surface area is 179 Å². The fourth-order valence-electron chi connectivity index (χ4n) is 5.94. The molecule has 0 spiro atoms. The lowest BCUT2D eigenvalue weighted by Crippen LogP contribution is -2.57. The molecule has 5 heterocycles. The summed E-state index contributed by atoms with van der Waals surface area (Å²) in [6, 6.07) is 0.385. The van der Waals surface area contributed by atoms with Gasteiger partial charge in [0.2, 0.25) is 0 Å². The van der Waals surface area contributed by atoms with E-state index in [1.54, 1.807) is 0 Å². The fraction of sp³-hybridized carbons (Fsp3) is 1.00. The largest absolute Gasteiger partial charge is 0.394 e. The Hall–Kier alpha value is -0.360. The third kappa shape index (κ3) is 4.84. The first-order chi connectivity index (χ1) is 14.8. The second kappa shape index (κ2) is 10.1. The Morgan fingerprint density at radius 2 is 1.87 bits per heavy atom. The minimum atomic E-state index is 0.0299. The predicted octanol–water partition coefficient (Wildman–Crippen LogP) is -0.575. The van der Waals surface area contributed by atoms with E-state index in [9.17, 15) is 5.11 Å². The summed E-state index contributed by atoms with van der Waals surface area (Å²) in [6.45, 7) is 6.97. The highest BCUT2D eigenvalue weighted by Gasteiger charge is 2.42. The summed E-state index contributed by atoms with van der Waals surface area (Å²) in [6.07, 6.45) is 7.64. The molecule has 30 heavy (non-hydrogen) atoms. The van der Waals surface area contributed by atoms with Gasteiger partial charge in [-0.3, -0.25) is 20.0 Å². The Balaban J connectivity index is 1.12. The van der Waals surface area contributed by atoms with E-state index in [4.69, 9.17) is 14.3 Å². The molecular formula is C21H39N5O4. The Kier molecular flexibility index (Phi) is 7.20. The third-order valence-corrected chi connectivity index (χ3v) is 7.65. The van der Waals surface area contributed by atoms with E-state index >= 15 is 0 Å². The lowest BCUT2D eigenvalue weighted by molar-refractivity contribution is -0.0438. The summed E-state index contributed by atoms with van der Waals surface area (Å²) in [7, 11) is 0. The maximum Gasteiger partial charge on any atom is 0.146 e. The highest BCUT2D eigenvalue weighted by molar-refractivity contribution is 4.93. The van der Waals surface area contributed by atoms with Crippen molar-refractivity contribution in [3.8, 4) is 0 Å². The van der Waals surface area contributed by atoms with Gasteiger partial charge in [0.15, 0.2) is 0 Å². The summed E-state index contributed by atoms with van der Waals surface area (Å²) in [4.78, 5) is 11.1. The van der Waals surface area contributed by atoms with E-state index in [0.29, 0.717) is 18.1 Å². The molecule has 9 nitrogen and oxygen atoms in total. The predicted molar refractivity (Wildman–Crippen MR) is 111 cm³/mol. The topological polar surface area (TPSA) is 90.5 Å². The monoisotopic (exact) mass is 425 g/mol. The number of hydrogen-bond donors (Lipinski definition) is 4. The van der Waals surface area contributed by atoms with Gasteiger partial charge >= 0.3 is 0 Å². The van der Waals surface area contributed by atoms with E-state index in [1.807, 2.05) is 0 Å². The van der Waals surface area contributed by atoms with Crippen LogP contribution in [0.4, 0.5) is 0 Å². The van der Waals surface area contributed by atoms with Crippen LogP contribution >= 0.6 is 0 Å². The number of ether oxygens (including phenoxy) is 2. The Bertz CT molecular complexity index is 551. The quantitative estimate of drug-likeness (QED) is 0.446. The molecule has 7 atom stereocenters. The SMILES string of the molecule is OCC1CCC(CN2CCC[C@H]2C2NC(C3CCNC(N4CCOCC4)C3)NO2)O1. The average molecular weight is 426 g/mol. The van der Waals surface area contributed by atoms with Gasteiger partial charge < -0.3 is 19.9 Å². The second-order valence-electron chi connectivity index (χ2n) is 9.55. The molecule has 9 heteroatoms. The van der Waals surface area contributed by atoms with Crippen molar-refractivity contribution in [1.82, 2.24) is 25.9 Å². The number of aliphatic hydroxyl groups excluding tert-OH is 1. The van der Waals surface area contributed by atoms with Crippen molar-refractivity contribution < 1.29 is 19.4 Å². The van der Waals surface area contributed by atoms with Gasteiger partial charge in [-0.1, -0.05) is 0 Å². The van der Waals surface area contributed by atoms with Gasteiger partial charge in [-0.15, -0.1) is 0 Å². The van der Waals surface area contributed by atoms with Gasteiger partial charge in [0.25, 0.3) is 0 Å². The maximum atomic E-state index is 9.33. The van der Waals surface area contributed by atoms with Crippen molar-refractivity contribution in [2.24, 2.45) is 5.92 Å². The van der Waals surface area contributed by atoms with Gasteiger partial charge in [-0.2, -0.15) is 5.48 Å². The fourth-order valence-corrected chi connectivity index (χ4v) is 5.94. The van der Waals surface area contributed by atoms with Crippen LogP contribution in [0.25, 0.3) is 0 Å². The second-order valence-corrected chi connectivity index (χ2v) is 9.55. The third-order valence-electron chi connectivity index (χ3n) is 7.65. The van der Waals surface area contributed by atoms with Gasteiger partial charge in [-0.05, 0) is 57.5 Å². The molecule has 0 aromatic carbocycles. The molecular weight excluding hydrogens is 386 g/mol. The van der Waals surface area contributed by atoms with E-state index in [0.717, 1.165) is 78.0 Å². The highest BCUT2D eigenvalue weighted by atomic mass is 16.7. The number of hydroxylamine groups is 1. The number of nitrogens with one attached hydrogen (secondary N) is 3. The van der Waals surface area contributed by atoms with Crippen molar-refractivity contribution in [2.45, 2.75) is 75.3 Å². The van der Waals surface area contributed by atoms with Gasteiger partial charge in [0.1, 0.15) is 6.23 Å². The van der Waals surface area contributed by atoms with Crippen LogP contribution in [-0.2, 0) is 14.3 Å². The number of morpholine rings is 1. The zero-order chi connectivity index (χ0) is 20.3. The molecule has 6 unspecified atom stereocenters. The first kappa shape index (κ1) is 21.5. The molecule has 0 radical (unpaired) electrons. The van der Waals surface area contributed by atoms with Crippen LogP contribution < -0.4 is 16.1 Å². The minimum Gasteiger partial charge on any atom is -0.394 e. The lowest BCUT2D eigenvalue weighted by Gasteiger charge is -2.41. The molecule has 0 saturated carbocycles. The summed E-state index contributed by atoms with van der Waals surface area (Å²) in [5, 5.41) is 16.8. The number of aliphatic hydroxyl groups is 1. The standard InChI is InChI=1S/C21H39N5O4/c27-14-17-4-3-16(29-17)13-26-7-1-2-18(26)21-23-20(24-30-21)15-5-6-22-19(12-15)25-8-10-28-11-9-25/h15-24,27H,1-14H2/t15?,16?,17?,18-,19?,20?,21?/m0/s1. The van der Waals surface area contributed by atoms with Gasteiger partial charge in [-0.25, -0.2) is 0 Å². The Morgan fingerprint density at radius 3 is 2.70 bits per heavy atom. The van der Waals surface area contributed by atoms with Gasteiger partial charge in [0, 0.05) is 19.6 Å². The van der Waals surface area contributed by atoms with Gasteiger partial charge in [0.05, 0.1) is 50.4 Å². The van der Waals surface area contributed by atoms with Crippen LogP contribution in [-0.4, -0.2) is 104 Å². The summed E-state index contributed by atoms with van der Waals surface area (Å²) < 4.78 is 11.5. The number of piperidine rings is 1. The first-order valence-electron chi connectivity index (χ1n) is 12.0. The Morgan fingerprint density at radius 1 is 1.00 bits per heavy atom. The van der Waals surface area contributed by atoms with E-state index in [1.165, 1.54) is 6.42 Å². The van der Waals surface area contributed by atoms with Crippen LogP contribution in [0.1, 0.15) is 38.5 Å². The number of rotatable bonds is 6. The van der Waals surface area contributed by atoms with Crippen molar-refractivity contribution in [3.05, 3.63) is 0 Å². The van der Waals surface area contributed by atoms with Crippen LogP contribution in [0, 0.1) is 5.92 Å². The smallest absolute Gasteiger partial charge is 0.146 e. The van der Waals surface area contributed by atoms with Crippen LogP contribution in [0.3, 0.4) is 0 Å². The molecule has 0 bridgehead atoms. The molecule has 0 aliphatic carbocycles. The summed E-state index contributed by atoms with van der Waals surface area (Å²) in [5.41, 5.74) is 3.33. The molecule has 172 valence electrons. The van der Waals surface area contributed by atoms with Crippen molar-refractivity contribution in [1.29, 1.82) is 0 Å². The molecule has 5 aliphatic rings. The van der Waals surface area contributed by atoms with Crippen LogP contribution in [0.2, 0.25) is 0 Å². The van der Waals surface area contributed by atoms with Crippen LogP contribution in [0.15, 0.2) is 0 Å². The van der Waals surface area contributed by atoms with Crippen molar-refractivity contribution in [3.63, 3.8) is 0 Å². The van der Waals surface area contributed by atoms with Crippen molar-refractivity contribution >= 4 is 0 Å². The minimum absolute atomic E-state index is 0.0299. The zero-order valence-electron chi connectivity index (χ0n) is 18.0. The number of hydrogen-bond acceptors (Lipinski definition) is 9. The summed E-state index contributed by atoms with van der Waals surface area (Å²) >= 11 is 0. The zero-order valence-corrected chi connectivity index (χ0v) is 18.0. The lowest BCUT2D eigenvalue weighted by atomic mass is 9.92. The molecule has 5 rings (SSSR count). The number of nitrogens with zero attached hydrogens (tertiary/aromatic N) is 2. The molecule has 5 aliphatic heterocycles. The molecule has 0 amide bonds. The molecule has 4 N–H and O–H groups in total. The van der Waals surface area contributed by atoms with E-state index < -0.39 is 0 Å². The first-order valence-corrected chi connectivity index (χ1v) is 12.0. The normalized spacial score (nSPS) is 44.1. The average Bonchev–Trinajstić information content (AvgIpc) is 3.55. The number of likely N-dealkylation sites (tertiary alicyclic amines) is 1. The molecule has 5 saturated heterocycles. The highest BCUT2D eigenvalue weighted by Crippen LogP contribution is 2.29. The maximum absolute atomic E-state index is 9.33. The van der Waals surface area contributed by atoms with Crippen LogP contribution in [0.5, 0.6) is 0 Å². The molecule has 5 fully saturated rings.